The monoisotopic (exact) mass is 472 g/mol. The van der Waals surface area contributed by atoms with Crippen LogP contribution in [-0.2, 0) is 4.79 Å². The van der Waals surface area contributed by atoms with Gasteiger partial charge in [-0.15, -0.1) is 19.4 Å². The fraction of sp³-hybridized carbons (Fsp3) is 0.400. The summed E-state index contributed by atoms with van der Waals surface area (Å²) in [7, 11) is 2.70. The molecule has 1 aromatic heterocycles. The molecule has 1 atom stereocenters. The number of nitrogens with zero attached hydrogens (tertiary/aromatic N) is 2. The van der Waals surface area contributed by atoms with E-state index in [1.165, 1.54) is 37.0 Å². The Kier molecular flexibility index (Phi) is 11.3. The van der Waals surface area contributed by atoms with Crippen molar-refractivity contribution in [1.82, 2.24) is 10.2 Å². The van der Waals surface area contributed by atoms with Crippen LogP contribution in [-0.4, -0.2) is 27.9 Å². The van der Waals surface area contributed by atoms with Crippen molar-refractivity contribution in [2.75, 3.05) is 6.61 Å². The van der Waals surface area contributed by atoms with Gasteiger partial charge in [0.2, 0.25) is 0 Å². The second kappa shape index (κ2) is 14.0. The molecule has 0 spiro atoms. The number of aliphatic carboxylic acids is 1. The number of ether oxygens (including phenoxy) is 1. The fourth-order valence-electron chi connectivity index (χ4n) is 2.96. The number of carboxylic acid groups (broad SMARTS) is 1. The van der Waals surface area contributed by atoms with E-state index in [0.717, 1.165) is 50.8 Å². The predicted molar refractivity (Wildman–Crippen MR) is 137 cm³/mol. The van der Waals surface area contributed by atoms with Gasteiger partial charge < -0.3 is 9.84 Å². The summed E-state index contributed by atoms with van der Waals surface area (Å²) in [6, 6.07) is 7.98. The molecule has 0 saturated heterocycles. The van der Waals surface area contributed by atoms with Crippen LogP contribution in [0.1, 0.15) is 63.8 Å². The molecule has 0 saturated carbocycles. The van der Waals surface area contributed by atoms with Gasteiger partial charge in [0, 0.05) is 17.6 Å². The minimum Gasteiger partial charge on any atom is -0.494 e. The minimum atomic E-state index is -0.824. The van der Waals surface area contributed by atoms with Crippen molar-refractivity contribution in [3.8, 4) is 16.3 Å². The summed E-state index contributed by atoms with van der Waals surface area (Å²) >= 11 is 1.52. The molecular formula is C25H33N2O3PS. The third-order valence-corrected chi connectivity index (χ3v) is 6.16. The number of allylic oxidation sites excluding steroid dienone is 5. The molecule has 1 heterocycles. The maximum absolute atomic E-state index is 10.7. The average molecular weight is 473 g/mol. The topological polar surface area (TPSA) is 72.3 Å². The number of aromatic nitrogens is 2. The Morgan fingerprint density at radius 2 is 1.84 bits per heavy atom. The van der Waals surface area contributed by atoms with Gasteiger partial charge in [0.1, 0.15) is 15.8 Å². The van der Waals surface area contributed by atoms with E-state index in [1.54, 1.807) is 0 Å². The Hall–Kier alpha value is -2.30. The van der Waals surface area contributed by atoms with E-state index < -0.39 is 5.97 Å². The van der Waals surface area contributed by atoms with Crippen LogP contribution in [0.4, 0.5) is 0 Å². The lowest BCUT2D eigenvalue weighted by Crippen LogP contribution is -1.97. The smallest absolute Gasteiger partial charge is 0.303 e. The van der Waals surface area contributed by atoms with Gasteiger partial charge in [-0.25, -0.2) is 0 Å². The first-order valence-electron chi connectivity index (χ1n) is 11.0. The van der Waals surface area contributed by atoms with E-state index in [4.69, 9.17) is 9.84 Å². The van der Waals surface area contributed by atoms with Crippen molar-refractivity contribution in [1.29, 1.82) is 0 Å². The molecule has 0 aliphatic heterocycles. The maximum Gasteiger partial charge on any atom is 0.303 e. The molecule has 1 unspecified atom stereocenters. The minimum absolute atomic E-state index is 0.0730. The zero-order chi connectivity index (χ0) is 23.3. The summed E-state index contributed by atoms with van der Waals surface area (Å²) in [4.78, 5) is 10.7. The van der Waals surface area contributed by atoms with Gasteiger partial charge >= 0.3 is 5.97 Å². The zero-order valence-electron chi connectivity index (χ0n) is 19.0. The second-order valence-electron chi connectivity index (χ2n) is 7.68. The molecule has 32 heavy (non-hydrogen) atoms. The van der Waals surface area contributed by atoms with Crippen molar-refractivity contribution in [3.63, 3.8) is 0 Å². The molecular weight excluding hydrogens is 439 g/mol. The number of carbonyl (C=O) groups is 1. The number of rotatable bonds is 14. The van der Waals surface area contributed by atoms with E-state index in [9.17, 15) is 4.79 Å². The van der Waals surface area contributed by atoms with Gasteiger partial charge in [-0.3, -0.25) is 4.79 Å². The molecule has 0 aliphatic rings. The van der Waals surface area contributed by atoms with Crippen molar-refractivity contribution in [2.24, 2.45) is 0 Å². The molecule has 0 radical (unpaired) electrons. The van der Waals surface area contributed by atoms with Gasteiger partial charge in [0.25, 0.3) is 0 Å². The molecule has 7 heteroatoms. The largest absolute Gasteiger partial charge is 0.494 e. The molecule has 0 aliphatic carbocycles. The standard InChI is InChI=1S/C25H33N2O3PS/c1-4-5-6-7-8-17-30-21-13-11-20(12-14-21)24-26-27-25(32-24)22(19(3)31)15-9-18(2)10-16-23(28)29/h9,11-15H,2,4-8,10,16-17,31H2,1,3H3,(H,28,29)/b15-9-,22-19-. The summed E-state index contributed by atoms with van der Waals surface area (Å²) in [5.74, 6) is 0.0490. The van der Waals surface area contributed by atoms with E-state index in [2.05, 4.69) is 32.9 Å². The molecule has 0 amide bonds. The number of hydrogen-bond donors (Lipinski definition) is 1. The highest BCUT2D eigenvalue weighted by atomic mass is 32.1. The highest BCUT2D eigenvalue weighted by Crippen LogP contribution is 2.32. The Bertz CT molecular complexity index is 944. The lowest BCUT2D eigenvalue weighted by atomic mass is 10.1. The first kappa shape index (κ1) is 26.0. The molecule has 2 rings (SSSR count). The van der Waals surface area contributed by atoms with Crippen LogP contribution in [0.2, 0.25) is 0 Å². The summed E-state index contributed by atoms with van der Waals surface area (Å²) in [5.41, 5.74) is 2.71. The van der Waals surface area contributed by atoms with Gasteiger partial charge in [-0.1, -0.05) is 68.2 Å². The van der Waals surface area contributed by atoms with Gasteiger partial charge in [0.15, 0.2) is 0 Å². The van der Waals surface area contributed by atoms with Gasteiger partial charge in [-0.05, 0) is 49.3 Å². The Labute approximate surface area is 197 Å². The quantitative estimate of drug-likeness (QED) is 0.180. The third-order valence-electron chi connectivity index (χ3n) is 4.84. The van der Waals surface area contributed by atoms with Crippen LogP contribution in [0, 0.1) is 0 Å². The molecule has 172 valence electrons. The van der Waals surface area contributed by atoms with Crippen molar-refractivity contribution < 1.29 is 14.6 Å². The molecule has 0 bridgehead atoms. The molecule has 0 fully saturated rings. The van der Waals surface area contributed by atoms with E-state index >= 15 is 0 Å². The van der Waals surface area contributed by atoms with Crippen LogP contribution >= 0.6 is 20.6 Å². The SMILES string of the molecule is C=C(/C=C\C(=C(/C)P)c1nnc(-c2ccc(OCCCCCCC)cc2)s1)CCC(=O)O. The van der Waals surface area contributed by atoms with Crippen LogP contribution in [0.15, 0.2) is 53.9 Å². The number of benzene rings is 1. The van der Waals surface area contributed by atoms with E-state index in [0.29, 0.717) is 6.42 Å². The molecule has 2 aromatic rings. The zero-order valence-corrected chi connectivity index (χ0v) is 20.9. The molecule has 1 N–H and O–H groups in total. The van der Waals surface area contributed by atoms with Crippen LogP contribution in [0.5, 0.6) is 5.75 Å². The highest BCUT2D eigenvalue weighted by Gasteiger charge is 2.11. The normalized spacial score (nSPS) is 12.1. The summed E-state index contributed by atoms with van der Waals surface area (Å²) in [5, 5.41) is 20.2. The first-order chi connectivity index (χ1) is 15.4. The van der Waals surface area contributed by atoms with Crippen LogP contribution in [0.25, 0.3) is 16.1 Å². The second-order valence-corrected chi connectivity index (χ2v) is 9.52. The fourth-order valence-corrected chi connectivity index (χ4v) is 4.24. The van der Waals surface area contributed by atoms with Gasteiger partial charge in [-0.2, -0.15) is 0 Å². The lowest BCUT2D eigenvalue weighted by molar-refractivity contribution is -0.136. The van der Waals surface area contributed by atoms with Crippen molar-refractivity contribution >= 4 is 32.1 Å². The summed E-state index contributed by atoms with van der Waals surface area (Å²) < 4.78 is 5.84. The molecule has 1 aromatic carbocycles. The first-order valence-corrected chi connectivity index (χ1v) is 12.4. The number of hydrogen-bond acceptors (Lipinski definition) is 5. The van der Waals surface area contributed by atoms with Crippen LogP contribution in [0.3, 0.4) is 0 Å². The lowest BCUT2D eigenvalue weighted by Gasteiger charge is -2.06. The predicted octanol–water partition coefficient (Wildman–Crippen LogP) is 7.14. The maximum atomic E-state index is 10.7. The van der Waals surface area contributed by atoms with Crippen molar-refractivity contribution in [2.45, 2.75) is 58.8 Å². The van der Waals surface area contributed by atoms with Gasteiger partial charge in [0.05, 0.1) is 6.61 Å². The van der Waals surface area contributed by atoms with Crippen LogP contribution < -0.4 is 4.74 Å². The summed E-state index contributed by atoms with van der Waals surface area (Å²) in [6.07, 6.45) is 10.4. The number of unbranched alkanes of at least 4 members (excludes halogenated alkanes) is 4. The van der Waals surface area contributed by atoms with E-state index in [-0.39, 0.29) is 6.42 Å². The Balaban J connectivity index is 1.98. The Morgan fingerprint density at radius 1 is 1.12 bits per heavy atom. The van der Waals surface area contributed by atoms with E-state index in [1.807, 2.05) is 43.3 Å². The average Bonchev–Trinajstić information content (AvgIpc) is 3.25. The van der Waals surface area contributed by atoms with Crippen molar-refractivity contribution in [3.05, 3.63) is 58.9 Å². The number of carboxylic acids is 1. The Morgan fingerprint density at radius 3 is 2.50 bits per heavy atom. The highest BCUT2D eigenvalue weighted by molar-refractivity contribution is 7.23. The third kappa shape index (κ3) is 9.05. The molecule has 5 nitrogen and oxygen atoms in total. The summed E-state index contributed by atoms with van der Waals surface area (Å²) in [6.45, 7) is 8.88.